The van der Waals surface area contributed by atoms with E-state index in [2.05, 4.69) is 10.0 Å². The van der Waals surface area contributed by atoms with Crippen molar-refractivity contribution in [2.75, 3.05) is 13.2 Å². The fraction of sp³-hybridized carbons (Fsp3) is 1.00. The lowest BCUT2D eigenvalue weighted by Gasteiger charge is -2.24. The quantitative estimate of drug-likeness (QED) is 0.158. The van der Waals surface area contributed by atoms with E-state index in [4.69, 9.17) is 40.9 Å². The molecule has 0 amide bonds. The first kappa shape index (κ1) is 20.2. The molecular weight excluding hydrogens is 308 g/mol. The molecule has 2 rings (SSSR count). The van der Waals surface area contributed by atoms with Crippen LogP contribution < -0.4 is 0 Å². The monoisotopic (exact) mass is 327 g/mol. The van der Waals surface area contributed by atoms with E-state index in [9.17, 15) is 15.3 Å². The molecule has 0 spiro atoms. The maximum Gasteiger partial charge on any atom is 0.113 e. The number of nitrogens with zero attached hydrogens (tertiary/aromatic N) is 3. The number of hydrogen-bond acceptors (Lipinski definition) is 8. The Morgan fingerprint density at radius 3 is 2.04 bits per heavy atom. The molecular formula is C11H19B2N3O7. The first-order valence-electron chi connectivity index (χ1n) is 6.87. The van der Waals surface area contributed by atoms with Crippen molar-refractivity contribution in [2.24, 2.45) is 5.11 Å². The zero-order chi connectivity index (χ0) is 17.8. The Morgan fingerprint density at radius 2 is 1.74 bits per heavy atom. The lowest BCUT2D eigenvalue weighted by molar-refractivity contribution is -0.0467. The number of ether oxygens (including phenoxy) is 2. The maximum atomic E-state index is 9.42. The van der Waals surface area contributed by atoms with Crippen LogP contribution in [0.3, 0.4) is 0 Å². The highest BCUT2D eigenvalue weighted by molar-refractivity contribution is 6.12. The van der Waals surface area contributed by atoms with Crippen LogP contribution in [-0.2, 0) is 9.47 Å². The van der Waals surface area contributed by atoms with Crippen LogP contribution >= 0.6 is 0 Å². The standard InChI is InChI=1S/C6H11BO4.C5H8BN3O3/c1-6(10)4(9)3(2-8)11-5(6)7;6-5-3(8-9-7)4(11)2(1-10)12-5/h3-5,8-10H,2H2,1H3;2-5,10-11H,1H2/t3-,4-,5-,6-;2-,3-,4-,5-/m11/s1. The van der Waals surface area contributed by atoms with Gasteiger partial charge in [0.15, 0.2) is 0 Å². The number of aliphatic hydroxyl groups is 5. The summed E-state index contributed by atoms with van der Waals surface area (Å²) in [7, 11) is 10.7. The first-order valence-corrected chi connectivity index (χ1v) is 6.87. The Labute approximate surface area is 135 Å². The third kappa shape index (κ3) is 4.37. The van der Waals surface area contributed by atoms with Gasteiger partial charge in [0.2, 0.25) is 0 Å². The lowest BCUT2D eigenvalue weighted by Crippen LogP contribution is -2.45. The molecule has 2 saturated heterocycles. The highest BCUT2D eigenvalue weighted by Crippen LogP contribution is 2.28. The summed E-state index contributed by atoms with van der Waals surface area (Å²) in [4.78, 5) is 2.51. The SMILES string of the molecule is [B][C@@H]1O[C@H](CO)[C@@H](O)[C@@]1(C)O.[B][C@@H]1O[C@H](CO)[C@@H](O)[C@H]1N=[N+]=[N-]. The van der Waals surface area contributed by atoms with Gasteiger partial charge in [-0.25, -0.2) is 0 Å². The number of azide groups is 1. The van der Waals surface area contributed by atoms with E-state index in [-0.39, 0.29) is 13.2 Å². The zero-order valence-electron chi connectivity index (χ0n) is 12.5. The Balaban J connectivity index is 0.000000231. The molecule has 0 aliphatic carbocycles. The van der Waals surface area contributed by atoms with Crippen LogP contribution in [0.5, 0.6) is 0 Å². The van der Waals surface area contributed by atoms with Gasteiger partial charge in [-0.15, -0.1) is 0 Å². The van der Waals surface area contributed by atoms with Crippen molar-refractivity contribution in [1.29, 1.82) is 0 Å². The van der Waals surface area contributed by atoms with Gasteiger partial charge in [0.25, 0.3) is 0 Å². The fourth-order valence-electron chi connectivity index (χ4n) is 2.21. The van der Waals surface area contributed by atoms with Gasteiger partial charge in [0.1, 0.15) is 39.6 Å². The van der Waals surface area contributed by atoms with Crippen LogP contribution in [0.25, 0.3) is 10.4 Å². The highest BCUT2D eigenvalue weighted by atomic mass is 16.6. The minimum atomic E-state index is -1.46. The highest BCUT2D eigenvalue weighted by Gasteiger charge is 2.48. The summed E-state index contributed by atoms with van der Waals surface area (Å²) in [6.45, 7) is 0.690. The fourth-order valence-corrected chi connectivity index (χ4v) is 2.21. The summed E-state index contributed by atoms with van der Waals surface area (Å²) in [6.07, 6.45) is -3.68. The average molecular weight is 327 g/mol. The van der Waals surface area contributed by atoms with Crippen LogP contribution in [0.4, 0.5) is 0 Å². The van der Waals surface area contributed by atoms with Gasteiger partial charge in [-0.05, 0) is 12.5 Å². The van der Waals surface area contributed by atoms with Crippen LogP contribution in [-0.4, -0.2) is 103 Å². The van der Waals surface area contributed by atoms with Crippen LogP contribution in [0.2, 0.25) is 0 Å². The lowest BCUT2D eigenvalue weighted by atomic mass is 9.82. The summed E-state index contributed by atoms with van der Waals surface area (Å²) in [5.41, 5.74) is 6.63. The van der Waals surface area contributed by atoms with Gasteiger partial charge in [0.05, 0.1) is 25.4 Å². The number of rotatable bonds is 3. The Bertz CT molecular complexity index is 438. The molecule has 2 fully saturated rings. The molecule has 0 aromatic carbocycles. The zero-order valence-corrected chi connectivity index (χ0v) is 12.5. The molecule has 5 N–H and O–H groups in total. The minimum Gasteiger partial charge on any atom is -0.394 e. The normalized spacial score (nSPS) is 45.9. The van der Waals surface area contributed by atoms with E-state index >= 15 is 0 Å². The molecule has 126 valence electrons. The van der Waals surface area contributed by atoms with Crippen LogP contribution in [0.1, 0.15) is 6.92 Å². The van der Waals surface area contributed by atoms with Crippen molar-refractivity contribution in [3.8, 4) is 0 Å². The van der Waals surface area contributed by atoms with Crippen molar-refractivity contribution < 1.29 is 35.0 Å². The second kappa shape index (κ2) is 8.31. The average Bonchev–Trinajstić information content (AvgIpc) is 2.89. The molecule has 8 atom stereocenters. The molecule has 0 saturated carbocycles. The summed E-state index contributed by atoms with van der Waals surface area (Å²) in [5.74, 6) is 0. The summed E-state index contributed by atoms with van der Waals surface area (Å²) >= 11 is 0. The van der Waals surface area contributed by atoms with Gasteiger partial charge in [-0.3, -0.25) is 0 Å². The molecule has 2 aliphatic rings. The van der Waals surface area contributed by atoms with Gasteiger partial charge in [0, 0.05) is 16.9 Å². The van der Waals surface area contributed by atoms with Crippen molar-refractivity contribution in [2.45, 2.75) is 55.0 Å². The number of aliphatic hydroxyl groups excluding tert-OH is 4. The molecule has 12 heteroatoms. The Kier molecular flexibility index (Phi) is 7.30. The molecule has 0 aromatic heterocycles. The molecule has 4 radical (unpaired) electrons. The van der Waals surface area contributed by atoms with Gasteiger partial charge >= 0.3 is 0 Å². The van der Waals surface area contributed by atoms with Crippen molar-refractivity contribution >= 4 is 15.7 Å². The summed E-state index contributed by atoms with van der Waals surface area (Å²) in [5, 5.41) is 48.6. The van der Waals surface area contributed by atoms with E-state index in [1.165, 1.54) is 6.92 Å². The first-order chi connectivity index (χ1) is 10.7. The van der Waals surface area contributed by atoms with E-state index in [1.807, 2.05) is 0 Å². The predicted molar refractivity (Wildman–Crippen MR) is 78.6 cm³/mol. The van der Waals surface area contributed by atoms with Crippen molar-refractivity contribution in [3.05, 3.63) is 10.4 Å². The molecule has 10 nitrogen and oxygen atoms in total. The Hall–Kier alpha value is -0.840. The second-order valence-electron chi connectivity index (χ2n) is 5.46. The third-order valence-electron chi connectivity index (χ3n) is 3.79. The van der Waals surface area contributed by atoms with Crippen LogP contribution in [0.15, 0.2) is 5.11 Å². The van der Waals surface area contributed by atoms with E-state index in [0.29, 0.717) is 0 Å². The third-order valence-corrected chi connectivity index (χ3v) is 3.79. The topological polar surface area (TPSA) is 168 Å². The number of hydrogen-bond donors (Lipinski definition) is 5. The molecule has 23 heavy (non-hydrogen) atoms. The largest absolute Gasteiger partial charge is 0.394 e. The van der Waals surface area contributed by atoms with Crippen molar-refractivity contribution in [3.63, 3.8) is 0 Å². The minimum absolute atomic E-state index is 0.341. The van der Waals surface area contributed by atoms with Gasteiger partial charge in [-0.2, -0.15) is 0 Å². The molecule has 0 unspecified atom stereocenters. The van der Waals surface area contributed by atoms with E-state index in [1.54, 1.807) is 0 Å². The second-order valence-corrected chi connectivity index (χ2v) is 5.46. The van der Waals surface area contributed by atoms with E-state index in [0.717, 1.165) is 0 Å². The van der Waals surface area contributed by atoms with Gasteiger partial charge < -0.3 is 35.0 Å². The molecule has 2 aliphatic heterocycles. The maximum absolute atomic E-state index is 9.42. The Morgan fingerprint density at radius 1 is 1.17 bits per heavy atom. The predicted octanol–water partition coefficient (Wildman–Crippen LogP) is -3.10. The van der Waals surface area contributed by atoms with Crippen molar-refractivity contribution in [1.82, 2.24) is 0 Å². The molecule has 2 heterocycles. The summed E-state index contributed by atoms with van der Waals surface area (Å²) < 4.78 is 9.77. The van der Waals surface area contributed by atoms with Crippen LogP contribution in [0, 0.1) is 0 Å². The molecule has 0 aromatic rings. The smallest absolute Gasteiger partial charge is 0.113 e. The van der Waals surface area contributed by atoms with E-state index < -0.39 is 48.1 Å². The van der Waals surface area contributed by atoms with Gasteiger partial charge in [-0.1, -0.05) is 5.11 Å². The molecule has 0 bridgehead atoms. The summed E-state index contributed by atoms with van der Waals surface area (Å²) in [6, 6.07) is -2.59.